The lowest BCUT2D eigenvalue weighted by atomic mass is 10.1. The number of hydrogen-bond acceptors (Lipinski definition) is 5. The van der Waals surface area contributed by atoms with Crippen molar-refractivity contribution in [3.05, 3.63) is 35.0 Å². The maximum Gasteiger partial charge on any atom is 0.259 e. The van der Waals surface area contributed by atoms with Gasteiger partial charge in [0, 0.05) is 13.2 Å². The first-order chi connectivity index (χ1) is 10.5. The Labute approximate surface area is 127 Å². The van der Waals surface area contributed by atoms with Crippen LogP contribution in [0.3, 0.4) is 0 Å². The molecule has 3 rings (SSSR count). The van der Waals surface area contributed by atoms with E-state index in [9.17, 15) is 9.59 Å². The Balaban J connectivity index is 1.94. The molecule has 22 heavy (non-hydrogen) atoms. The predicted octanol–water partition coefficient (Wildman–Crippen LogP) is 0.431. The van der Waals surface area contributed by atoms with Crippen molar-refractivity contribution in [3.63, 3.8) is 0 Å². The molecule has 1 atom stereocenters. The van der Waals surface area contributed by atoms with E-state index >= 15 is 0 Å². The molecule has 0 bridgehead atoms. The minimum absolute atomic E-state index is 0.179. The highest BCUT2D eigenvalue weighted by atomic mass is 16.5. The molecule has 1 aliphatic heterocycles. The number of fused-ring (bicyclic) bond motifs is 1. The van der Waals surface area contributed by atoms with Crippen LogP contribution in [0.1, 0.15) is 33.5 Å². The van der Waals surface area contributed by atoms with E-state index in [-0.39, 0.29) is 18.4 Å². The van der Waals surface area contributed by atoms with Crippen molar-refractivity contribution in [2.45, 2.75) is 26.4 Å². The molecule has 2 aromatic rings. The van der Waals surface area contributed by atoms with Crippen molar-refractivity contribution in [2.75, 3.05) is 13.6 Å². The number of amides is 2. The molecule has 8 nitrogen and oxygen atoms in total. The first kappa shape index (κ1) is 14.3. The second-order valence-electron chi connectivity index (χ2n) is 5.28. The number of likely N-dealkylation sites (N-methyl/N-ethyl adjacent to an activating group) is 1. The summed E-state index contributed by atoms with van der Waals surface area (Å²) in [4.78, 5) is 26.5. The summed E-state index contributed by atoms with van der Waals surface area (Å²) in [5.41, 5.74) is 1.83. The van der Waals surface area contributed by atoms with E-state index in [1.54, 1.807) is 36.7 Å². The van der Waals surface area contributed by atoms with E-state index in [0.717, 1.165) is 5.69 Å². The van der Waals surface area contributed by atoms with Gasteiger partial charge < -0.3 is 14.7 Å². The highest BCUT2D eigenvalue weighted by Crippen LogP contribution is 2.24. The summed E-state index contributed by atoms with van der Waals surface area (Å²) in [6, 6.07) is 1.27. The van der Waals surface area contributed by atoms with Crippen molar-refractivity contribution in [1.29, 1.82) is 0 Å². The molecule has 0 spiro atoms. The van der Waals surface area contributed by atoms with Crippen molar-refractivity contribution >= 4 is 11.8 Å². The Morgan fingerprint density at radius 2 is 2.18 bits per heavy atom. The van der Waals surface area contributed by atoms with Crippen LogP contribution >= 0.6 is 0 Å². The van der Waals surface area contributed by atoms with E-state index in [1.807, 2.05) is 6.07 Å². The van der Waals surface area contributed by atoms with Gasteiger partial charge in [-0.2, -0.15) is 5.10 Å². The predicted molar refractivity (Wildman–Crippen MR) is 76.0 cm³/mol. The largest absolute Gasteiger partial charge is 0.361 e. The fourth-order valence-electron chi connectivity index (χ4n) is 2.76. The summed E-state index contributed by atoms with van der Waals surface area (Å²) in [5, 5.41) is 10.6. The number of aromatic nitrogens is 3. The maximum absolute atomic E-state index is 12.8. The molecule has 1 N–H and O–H groups in total. The summed E-state index contributed by atoms with van der Waals surface area (Å²) < 4.78 is 6.73. The van der Waals surface area contributed by atoms with E-state index in [0.29, 0.717) is 23.6 Å². The Bertz CT molecular complexity index is 713. The molecule has 2 aromatic heterocycles. The molecule has 0 saturated carbocycles. The number of carbonyl (C=O) groups excluding carboxylic acids is 2. The van der Waals surface area contributed by atoms with Gasteiger partial charge in [-0.1, -0.05) is 5.16 Å². The average molecular weight is 303 g/mol. The molecule has 0 aliphatic carbocycles. The van der Waals surface area contributed by atoms with Crippen LogP contribution in [-0.2, 0) is 11.3 Å². The number of carbonyl (C=O) groups is 2. The number of hydrogen-bond donors (Lipinski definition) is 1. The molecule has 0 radical (unpaired) electrons. The van der Waals surface area contributed by atoms with Crippen LogP contribution in [-0.4, -0.2) is 45.2 Å². The highest BCUT2D eigenvalue weighted by Gasteiger charge is 2.34. The normalized spacial score (nSPS) is 17.2. The zero-order valence-corrected chi connectivity index (χ0v) is 12.7. The molecular formula is C14H17N5O3. The first-order valence-electron chi connectivity index (χ1n) is 6.99. The van der Waals surface area contributed by atoms with Crippen LogP contribution < -0.4 is 5.32 Å². The molecule has 1 unspecified atom stereocenters. The van der Waals surface area contributed by atoms with Crippen LogP contribution in [0, 0.1) is 13.8 Å². The lowest BCUT2D eigenvalue weighted by molar-refractivity contribution is -0.125. The highest BCUT2D eigenvalue weighted by molar-refractivity contribution is 5.96. The molecule has 0 saturated heterocycles. The van der Waals surface area contributed by atoms with Gasteiger partial charge in [0.25, 0.3) is 5.91 Å². The van der Waals surface area contributed by atoms with Crippen LogP contribution in [0.15, 0.2) is 16.8 Å². The molecule has 116 valence electrons. The fraction of sp³-hybridized carbons (Fsp3) is 0.429. The van der Waals surface area contributed by atoms with E-state index in [1.165, 1.54) is 0 Å². The quantitative estimate of drug-likeness (QED) is 0.868. The summed E-state index contributed by atoms with van der Waals surface area (Å²) in [6.45, 7) is 4.10. The minimum Gasteiger partial charge on any atom is -0.361 e. The van der Waals surface area contributed by atoms with Gasteiger partial charge in [-0.3, -0.25) is 14.3 Å². The van der Waals surface area contributed by atoms with Gasteiger partial charge in [0.15, 0.2) is 0 Å². The number of rotatable bonds is 2. The lowest BCUT2D eigenvalue weighted by Crippen LogP contribution is -2.46. The van der Waals surface area contributed by atoms with Crippen LogP contribution in [0.5, 0.6) is 0 Å². The Hall–Kier alpha value is -2.64. The second kappa shape index (κ2) is 5.28. The summed E-state index contributed by atoms with van der Waals surface area (Å²) in [7, 11) is 1.57. The van der Waals surface area contributed by atoms with Gasteiger partial charge in [0.05, 0.1) is 24.5 Å². The van der Waals surface area contributed by atoms with Crippen molar-refractivity contribution in [3.8, 4) is 0 Å². The van der Waals surface area contributed by atoms with Gasteiger partial charge in [-0.15, -0.1) is 0 Å². The van der Waals surface area contributed by atoms with Crippen LogP contribution in [0.4, 0.5) is 0 Å². The third-order valence-electron chi connectivity index (χ3n) is 3.88. The van der Waals surface area contributed by atoms with Gasteiger partial charge in [0.2, 0.25) is 5.91 Å². The lowest BCUT2D eigenvalue weighted by Gasteiger charge is -2.32. The third kappa shape index (κ3) is 2.16. The smallest absolute Gasteiger partial charge is 0.259 e. The average Bonchev–Trinajstić information content (AvgIpc) is 3.11. The van der Waals surface area contributed by atoms with Crippen LogP contribution in [0.2, 0.25) is 0 Å². The third-order valence-corrected chi connectivity index (χ3v) is 3.88. The fourth-order valence-corrected chi connectivity index (χ4v) is 2.76. The molecule has 2 amide bonds. The van der Waals surface area contributed by atoms with Crippen molar-refractivity contribution < 1.29 is 14.1 Å². The molecule has 0 aromatic carbocycles. The zero-order chi connectivity index (χ0) is 15.9. The molecule has 1 aliphatic rings. The van der Waals surface area contributed by atoms with Crippen molar-refractivity contribution in [2.24, 2.45) is 0 Å². The standard InChI is InChI=1S/C14H17N5O3/c1-8-12(9(2)22-17-8)14(21)18-6-10-4-5-16-19(10)11(7-18)13(20)15-3/h4-5,11H,6-7H2,1-3H3,(H,15,20). The zero-order valence-electron chi connectivity index (χ0n) is 12.7. The van der Waals surface area contributed by atoms with Crippen molar-refractivity contribution in [1.82, 2.24) is 25.2 Å². The first-order valence-corrected chi connectivity index (χ1v) is 6.99. The number of aryl methyl sites for hydroxylation is 2. The Morgan fingerprint density at radius 1 is 1.41 bits per heavy atom. The summed E-state index contributed by atoms with van der Waals surface area (Å²) >= 11 is 0. The Morgan fingerprint density at radius 3 is 2.82 bits per heavy atom. The molecule has 0 fully saturated rings. The van der Waals surface area contributed by atoms with E-state index in [4.69, 9.17) is 4.52 Å². The van der Waals surface area contributed by atoms with E-state index < -0.39 is 6.04 Å². The maximum atomic E-state index is 12.8. The summed E-state index contributed by atoms with van der Waals surface area (Å²) in [5.74, 6) is 0.122. The van der Waals surface area contributed by atoms with Crippen LogP contribution in [0.25, 0.3) is 0 Å². The molecule has 8 heteroatoms. The van der Waals surface area contributed by atoms with Gasteiger partial charge in [-0.05, 0) is 19.9 Å². The Kier molecular flexibility index (Phi) is 3.44. The molecular weight excluding hydrogens is 286 g/mol. The topological polar surface area (TPSA) is 93.3 Å². The van der Waals surface area contributed by atoms with Gasteiger partial charge in [-0.25, -0.2) is 0 Å². The number of nitrogens with one attached hydrogen (secondary N) is 1. The monoisotopic (exact) mass is 303 g/mol. The molecule has 3 heterocycles. The minimum atomic E-state index is -0.534. The second-order valence-corrected chi connectivity index (χ2v) is 5.28. The van der Waals surface area contributed by atoms with Gasteiger partial charge >= 0.3 is 0 Å². The summed E-state index contributed by atoms with van der Waals surface area (Å²) in [6.07, 6.45) is 1.63. The number of nitrogens with zero attached hydrogens (tertiary/aromatic N) is 4. The van der Waals surface area contributed by atoms with Gasteiger partial charge in [0.1, 0.15) is 17.4 Å². The SMILES string of the molecule is CNC(=O)C1CN(C(=O)c2c(C)noc2C)Cc2ccnn21. The van der Waals surface area contributed by atoms with E-state index in [2.05, 4.69) is 15.6 Å².